The second-order valence-corrected chi connectivity index (χ2v) is 5.62. The summed E-state index contributed by atoms with van der Waals surface area (Å²) < 4.78 is 5.03. The van der Waals surface area contributed by atoms with Gasteiger partial charge in [-0.3, -0.25) is 0 Å². The zero-order valence-electron chi connectivity index (χ0n) is 12.2. The van der Waals surface area contributed by atoms with Crippen molar-refractivity contribution >= 4 is 22.9 Å². The van der Waals surface area contributed by atoms with E-state index in [2.05, 4.69) is 10.3 Å². The maximum atomic E-state index is 11.6. The average Bonchev–Trinajstić information content (AvgIpc) is 2.44. The van der Waals surface area contributed by atoms with Crippen LogP contribution in [0.1, 0.15) is 24.1 Å². The fourth-order valence-electron chi connectivity index (χ4n) is 2.23. The Hall–Kier alpha value is -1.79. The summed E-state index contributed by atoms with van der Waals surface area (Å²) in [4.78, 5) is 16.1. The number of hydrogen-bond acceptors (Lipinski definition) is 5. The van der Waals surface area contributed by atoms with Crippen LogP contribution in [0.5, 0.6) is 0 Å². The van der Waals surface area contributed by atoms with Crippen LogP contribution < -0.4 is 5.32 Å². The number of carboxylic acids is 1. The molecule has 2 rings (SSSR count). The van der Waals surface area contributed by atoms with Gasteiger partial charge in [-0.15, -0.1) is 0 Å². The van der Waals surface area contributed by atoms with Crippen molar-refractivity contribution in [3.8, 4) is 0 Å². The Morgan fingerprint density at radius 3 is 2.76 bits per heavy atom. The first kappa shape index (κ1) is 15.6. The maximum absolute atomic E-state index is 11.6. The van der Waals surface area contributed by atoms with Crippen LogP contribution in [0.3, 0.4) is 0 Å². The van der Waals surface area contributed by atoms with Gasteiger partial charge < -0.3 is 15.2 Å². The molecule has 0 bridgehead atoms. The van der Waals surface area contributed by atoms with Crippen molar-refractivity contribution in [1.29, 1.82) is 0 Å². The summed E-state index contributed by atoms with van der Waals surface area (Å²) in [6.45, 7) is 3.72. The molecule has 0 aromatic heterocycles. The number of ether oxygens (including phenoxy) is 1. The molecule has 0 amide bonds. The lowest BCUT2D eigenvalue weighted by atomic mass is 9.93. The number of allylic oxidation sites excluding steroid dienone is 1. The molecule has 1 heterocycles. The first-order chi connectivity index (χ1) is 10.0. The topological polar surface area (TPSA) is 70.9 Å². The lowest BCUT2D eigenvalue weighted by Gasteiger charge is -2.25. The number of aryl methyl sites for hydroxylation is 1. The van der Waals surface area contributed by atoms with Crippen LogP contribution in [0.15, 0.2) is 40.5 Å². The van der Waals surface area contributed by atoms with Crippen molar-refractivity contribution < 1.29 is 14.6 Å². The lowest BCUT2D eigenvalue weighted by Crippen LogP contribution is -2.30. The molecule has 1 aromatic rings. The minimum Gasteiger partial charge on any atom is -0.478 e. The van der Waals surface area contributed by atoms with Crippen molar-refractivity contribution in [2.24, 2.45) is 4.99 Å². The van der Waals surface area contributed by atoms with E-state index in [1.54, 1.807) is 14.0 Å². The number of rotatable bonds is 4. The number of amidine groups is 1. The number of carbonyl (C=O) groups is 1. The highest BCUT2D eigenvalue weighted by atomic mass is 32.2. The third-order valence-corrected chi connectivity index (χ3v) is 4.08. The molecule has 5 nitrogen and oxygen atoms in total. The van der Waals surface area contributed by atoms with Crippen molar-refractivity contribution in [2.45, 2.75) is 19.9 Å². The van der Waals surface area contributed by atoms with E-state index in [9.17, 15) is 9.90 Å². The minimum atomic E-state index is -0.951. The standard InChI is InChI=1S/C15H18N2O3S/c1-9-6-4-5-7-11(9)13-12(14(18)19)10(2)16-15(17-13)21-8-20-3/h4-7,13H,8H2,1-3H3,(H,16,17)(H,18,19). The summed E-state index contributed by atoms with van der Waals surface area (Å²) in [6, 6.07) is 7.22. The molecular weight excluding hydrogens is 288 g/mol. The first-order valence-corrected chi connectivity index (χ1v) is 7.49. The summed E-state index contributed by atoms with van der Waals surface area (Å²) in [5.41, 5.74) is 2.83. The fraction of sp³-hybridized carbons (Fsp3) is 0.333. The van der Waals surface area contributed by atoms with Gasteiger partial charge in [-0.25, -0.2) is 9.79 Å². The quantitative estimate of drug-likeness (QED) is 0.837. The molecule has 1 aromatic carbocycles. The summed E-state index contributed by atoms with van der Waals surface area (Å²) in [6.07, 6.45) is 0. The normalized spacial score (nSPS) is 18.2. The molecular formula is C15H18N2O3S. The second-order valence-electron chi connectivity index (χ2n) is 4.71. The number of nitrogens with one attached hydrogen (secondary N) is 1. The predicted molar refractivity (Wildman–Crippen MR) is 84.3 cm³/mol. The third kappa shape index (κ3) is 3.46. The van der Waals surface area contributed by atoms with Gasteiger partial charge in [0.05, 0.1) is 11.5 Å². The van der Waals surface area contributed by atoms with E-state index < -0.39 is 12.0 Å². The molecule has 21 heavy (non-hydrogen) atoms. The van der Waals surface area contributed by atoms with Crippen LogP contribution in [-0.2, 0) is 9.53 Å². The summed E-state index contributed by atoms with van der Waals surface area (Å²) >= 11 is 1.41. The van der Waals surface area contributed by atoms with Crippen molar-refractivity contribution in [3.63, 3.8) is 0 Å². The zero-order chi connectivity index (χ0) is 15.4. The maximum Gasteiger partial charge on any atom is 0.335 e. The SMILES string of the molecule is COCSC1=NC(c2ccccc2C)C(C(=O)O)=C(C)N1. The van der Waals surface area contributed by atoms with Crippen LogP contribution in [0.25, 0.3) is 0 Å². The zero-order valence-corrected chi connectivity index (χ0v) is 13.0. The molecule has 6 heteroatoms. The van der Waals surface area contributed by atoms with E-state index in [1.165, 1.54) is 11.8 Å². The smallest absolute Gasteiger partial charge is 0.335 e. The van der Waals surface area contributed by atoms with Gasteiger partial charge in [0.1, 0.15) is 6.04 Å². The minimum absolute atomic E-state index is 0.283. The van der Waals surface area contributed by atoms with Crippen LogP contribution in [0.4, 0.5) is 0 Å². The molecule has 2 N–H and O–H groups in total. The van der Waals surface area contributed by atoms with Gasteiger partial charge in [-0.05, 0) is 25.0 Å². The van der Waals surface area contributed by atoms with Crippen LogP contribution in [0, 0.1) is 6.92 Å². The van der Waals surface area contributed by atoms with Gasteiger partial charge in [0.2, 0.25) is 0 Å². The third-order valence-electron chi connectivity index (χ3n) is 3.25. The van der Waals surface area contributed by atoms with Crippen molar-refractivity contribution in [2.75, 3.05) is 13.0 Å². The molecule has 0 radical (unpaired) electrons. The van der Waals surface area contributed by atoms with Crippen molar-refractivity contribution in [3.05, 3.63) is 46.7 Å². The summed E-state index contributed by atoms with van der Waals surface area (Å²) in [7, 11) is 1.61. The number of carboxylic acid groups (broad SMARTS) is 1. The molecule has 1 unspecified atom stereocenters. The van der Waals surface area contributed by atoms with E-state index in [4.69, 9.17) is 4.74 Å². The summed E-state index contributed by atoms with van der Waals surface area (Å²) in [5, 5.41) is 13.2. The molecule has 1 atom stereocenters. The van der Waals surface area contributed by atoms with E-state index >= 15 is 0 Å². The van der Waals surface area contributed by atoms with E-state index in [0.29, 0.717) is 16.8 Å². The number of methoxy groups -OCH3 is 1. The molecule has 0 fully saturated rings. The Labute approximate surface area is 128 Å². The van der Waals surface area contributed by atoms with Crippen LogP contribution >= 0.6 is 11.8 Å². The Bertz CT molecular complexity index is 611. The molecule has 1 aliphatic heterocycles. The number of thioether (sulfide) groups is 1. The Morgan fingerprint density at radius 2 is 2.14 bits per heavy atom. The van der Waals surface area contributed by atoms with Crippen molar-refractivity contribution in [1.82, 2.24) is 5.32 Å². The van der Waals surface area contributed by atoms with Gasteiger partial charge in [0.25, 0.3) is 0 Å². The highest BCUT2D eigenvalue weighted by Crippen LogP contribution is 2.33. The van der Waals surface area contributed by atoms with Gasteiger partial charge in [-0.1, -0.05) is 36.0 Å². The van der Waals surface area contributed by atoms with Gasteiger partial charge in [0.15, 0.2) is 5.17 Å². The number of aliphatic carboxylic acids is 1. The monoisotopic (exact) mass is 306 g/mol. The second kappa shape index (κ2) is 6.78. The molecule has 0 aliphatic carbocycles. The van der Waals surface area contributed by atoms with Gasteiger partial charge in [0, 0.05) is 12.8 Å². The highest BCUT2D eigenvalue weighted by Gasteiger charge is 2.29. The Balaban J connectivity index is 2.44. The Kier molecular flexibility index (Phi) is 5.03. The van der Waals surface area contributed by atoms with Gasteiger partial charge >= 0.3 is 5.97 Å². The number of aliphatic imine (C=N–C) groups is 1. The van der Waals surface area contributed by atoms with Crippen LogP contribution in [0.2, 0.25) is 0 Å². The fourth-order valence-corrected chi connectivity index (χ4v) is 2.87. The van der Waals surface area contributed by atoms with E-state index in [0.717, 1.165) is 11.1 Å². The Morgan fingerprint density at radius 1 is 1.43 bits per heavy atom. The van der Waals surface area contributed by atoms with E-state index in [1.807, 2.05) is 31.2 Å². The van der Waals surface area contributed by atoms with Crippen LogP contribution in [-0.4, -0.2) is 29.3 Å². The number of hydrogen-bond donors (Lipinski definition) is 2. The molecule has 0 saturated carbocycles. The highest BCUT2D eigenvalue weighted by molar-refractivity contribution is 8.13. The lowest BCUT2D eigenvalue weighted by molar-refractivity contribution is -0.133. The average molecular weight is 306 g/mol. The predicted octanol–water partition coefficient (Wildman–Crippen LogP) is 2.69. The number of benzene rings is 1. The molecule has 0 saturated heterocycles. The van der Waals surface area contributed by atoms with Gasteiger partial charge in [-0.2, -0.15) is 0 Å². The molecule has 1 aliphatic rings. The molecule has 0 spiro atoms. The first-order valence-electron chi connectivity index (χ1n) is 6.50. The largest absolute Gasteiger partial charge is 0.478 e. The van der Waals surface area contributed by atoms with E-state index in [-0.39, 0.29) is 5.57 Å². The summed E-state index contributed by atoms with van der Waals surface area (Å²) in [5.74, 6) is -0.491. The molecule has 112 valence electrons. The number of nitrogens with zero attached hydrogens (tertiary/aromatic N) is 1.